The summed E-state index contributed by atoms with van der Waals surface area (Å²) in [5.41, 5.74) is -1.29. The highest BCUT2D eigenvalue weighted by molar-refractivity contribution is 5.77. The average Bonchev–Trinajstić information content (AvgIpc) is 2.54. The van der Waals surface area contributed by atoms with E-state index in [0.717, 1.165) is 0 Å². The van der Waals surface area contributed by atoms with Crippen molar-refractivity contribution in [3.8, 4) is 0 Å². The van der Waals surface area contributed by atoms with Crippen LogP contribution in [0.25, 0.3) is 0 Å². The number of halogens is 5. The highest BCUT2D eigenvalue weighted by atomic mass is 19.2. The van der Waals surface area contributed by atoms with Crippen LogP contribution < -0.4 is 5.32 Å². The first-order valence-corrected chi connectivity index (χ1v) is 6.71. The van der Waals surface area contributed by atoms with E-state index in [4.69, 9.17) is 0 Å². The van der Waals surface area contributed by atoms with Crippen LogP contribution >= 0.6 is 0 Å². The van der Waals surface area contributed by atoms with Crippen molar-refractivity contribution in [2.24, 2.45) is 5.92 Å². The standard InChI is InChI=1S/C14H14F5NO4/c1-6(2)4-24-14(22)20-3-8(21)23-5-7-9(15)11(17)13(19)12(18)10(7)16/h6H,3-5H2,1-2H3,(H,20,22). The first-order chi connectivity index (χ1) is 11.1. The highest BCUT2D eigenvalue weighted by Gasteiger charge is 2.26. The molecule has 0 radical (unpaired) electrons. The number of nitrogens with one attached hydrogen (secondary N) is 1. The fraction of sp³-hybridized carbons (Fsp3) is 0.429. The van der Waals surface area contributed by atoms with Crippen molar-refractivity contribution in [1.29, 1.82) is 0 Å². The molecule has 0 saturated carbocycles. The Labute approximate surface area is 133 Å². The van der Waals surface area contributed by atoms with Crippen molar-refractivity contribution < 1.29 is 41.0 Å². The van der Waals surface area contributed by atoms with Crippen LogP contribution in [0, 0.1) is 35.0 Å². The number of hydrogen-bond donors (Lipinski definition) is 1. The number of benzene rings is 1. The first-order valence-electron chi connectivity index (χ1n) is 6.71. The maximum Gasteiger partial charge on any atom is 0.407 e. The summed E-state index contributed by atoms with van der Waals surface area (Å²) in [6, 6.07) is 0. The quantitative estimate of drug-likeness (QED) is 0.369. The molecule has 0 atom stereocenters. The number of rotatable bonds is 6. The zero-order valence-corrected chi connectivity index (χ0v) is 12.7. The number of carbonyl (C=O) groups is 2. The zero-order chi connectivity index (χ0) is 18.4. The van der Waals surface area contributed by atoms with E-state index in [0.29, 0.717) is 0 Å². The summed E-state index contributed by atoms with van der Waals surface area (Å²) in [5.74, 6) is -11.9. The number of hydrogen-bond acceptors (Lipinski definition) is 4. The van der Waals surface area contributed by atoms with E-state index in [1.807, 2.05) is 5.32 Å². The minimum atomic E-state index is -2.31. The SMILES string of the molecule is CC(C)COC(=O)NCC(=O)OCc1c(F)c(F)c(F)c(F)c1F. The van der Waals surface area contributed by atoms with Crippen LogP contribution in [0.15, 0.2) is 0 Å². The van der Waals surface area contributed by atoms with E-state index >= 15 is 0 Å². The molecule has 0 aliphatic heterocycles. The Morgan fingerprint density at radius 1 is 0.917 bits per heavy atom. The van der Waals surface area contributed by atoms with Crippen molar-refractivity contribution >= 4 is 12.1 Å². The van der Waals surface area contributed by atoms with Crippen LogP contribution in [0.3, 0.4) is 0 Å². The summed E-state index contributed by atoms with van der Waals surface area (Å²) in [6.45, 7) is 1.78. The molecule has 1 amide bonds. The fourth-order valence-corrected chi connectivity index (χ4v) is 1.42. The Morgan fingerprint density at radius 3 is 1.92 bits per heavy atom. The second kappa shape index (κ2) is 8.46. The van der Waals surface area contributed by atoms with E-state index in [9.17, 15) is 31.5 Å². The van der Waals surface area contributed by atoms with Crippen LogP contribution in [0.1, 0.15) is 19.4 Å². The van der Waals surface area contributed by atoms with Crippen LogP contribution in [0.2, 0.25) is 0 Å². The van der Waals surface area contributed by atoms with Gasteiger partial charge in [-0.25, -0.2) is 26.7 Å². The minimum absolute atomic E-state index is 0.0666. The predicted octanol–water partition coefficient (Wildman–Crippen LogP) is 2.81. The molecule has 0 saturated heterocycles. The molecular weight excluding hydrogens is 341 g/mol. The van der Waals surface area contributed by atoms with Crippen molar-refractivity contribution in [3.05, 3.63) is 34.6 Å². The molecule has 134 valence electrons. The first kappa shape index (κ1) is 19.7. The average molecular weight is 355 g/mol. The molecule has 0 aromatic heterocycles. The van der Waals surface area contributed by atoms with Gasteiger partial charge in [-0.05, 0) is 5.92 Å². The van der Waals surface area contributed by atoms with Crippen molar-refractivity contribution in [2.45, 2.75) is 20.5 Å². The number of alkyl carbamates (subject to hydrolysis) is 1. The summed E-state index contributed by atoms with van der Waals surface area (Å²) in [7, 11) is 0. The van der Waals surface area contributed by atoms with E-state index < -0.39 is 59.9 Å². The Balaban J connectivity index is 2.58. The third-order valence-electron chi connectivity index (χ3n) is 2.60. The minimum Gasteiger partial charge on any atom is -0.459 e. The van der Waals surface area contributed by atoms with E-state index in [2.05, 4.69) is 9.47 Å². The molecule has 1 aromatic carbocycles. The third-order valence-corrected chi connectivity index (χ3v) is 2.60. The van der Waals surface area contributed by atoms with Crippen LogP contribution in [0.4, 0.5) is 26.7 Å². The number of carbonyl (C=O) groups excluding carboxylic acids is 2. The lowest BCUT2D eigenvalue weighted by atomic mass is 10.2. The van der Waals surface area contributed by atoms with Gasteiger partial charge in [0, 0.05) is 0 Å². The van der Waals surface area contributed by atoms with Crippen molar-refractivity contribution in [3.63, 3.8) is 0 Å². The van der Waals surface area contributed by atoms with Crippen LogP contribution in [-0.4, -0.2) is 25.2 Å². The lowest BCUT2D eigenvalue weighted by Gasteiger charge is -2.10. The molecule has 10 heteroatoms. The lowest BCUT2D eigenvalue weighted by molar-refractivity contribution is -0.143. The van der Waals surface area contributed by atoms with Gasteiger partial charge < -0.3 is 14.8 Å². The Hall–Kier alpha value is -2.39. The lowest BCUT2D eigenvalue weighted by Crippen LogP contribution is -2.32. The molecule has 24 heavy (non-hydrogen) atoms. The monoisotopic (exact) mass is 355 g/mol. The smallest absolute Gasteiger partial charge is 0.407 e. The van der Waals surface area contributed by atoms with Gasteiger partial charge in [0.2, 0.25) is 5.82 Å². The highest BCUT2D eigenvalue weighted by Crippen LogP contribution is 2.23. The fourth-order valence-electron chi connectivity index (χ4n) is 1.42. The molecule has 0 spiro atoms. The van der Waals surface area contributed by atoms with Gasteiger partial charge in [-0.1, -0.05) is 13.8 Å². The number of esters is 1. The molecular formula is C14H14F5NO4. The molecule has 5 nitrogen and oxygen atoms in total. The summed E-state index contributed by atoms with van der Waals surface area (Å²) < 4.78 is 74.5. The Kier molecular flexibility index (Phi) is 6.93. The van der Waals surface area contributed by atoms with Gasteiger partial charge in [-0.3, -0.25) is 4.79 Å². The van der Waals surface area contributed by atoms with E-state index in [1.165, 1.54) is 0 Å². The second-order valence-corrected chi connectivity index (χ2v) is 5.06. The van der Waals surface area contributed by atoms with Gasteiger partial charge in [0.1, 0.15) is 13.2 Å². The van der Waals surface area contributed by atoms with E-state index in [-0.39, 0.29) is 12.5 Å². The predicted molar refractivity (Wildman–Crippen MR) is 70.2 cm³/mol. The largest absolute Gasteiger partial charge is 0.459 e. The maximum absolute atomic E-state index is 13.3. The molecule has 0 fully saturated rings. The second-order valence-electron chi connectivity index (χ2n) is 5.06. The molecule has 0 unspecified atom stereocenters. The molecule has 1 aromatic rings. The van der Waals surface area contributed by atoms with Gasteiger partial charge >= 0.3 is 12.1 Å². The van der Waals surface area contributed by atoms with Crippen molar-refractivity contribution in [1.82, 2.24) is 5.32 Å². The number of ether oxygens (including phenoxy) is 2. The number of amides is 1. The molecule has 1 rings (SSSR count). The van der Waals surface area contributed by atoms with E-state index in [1.54, 1.807) is 13.8 Å². The summed E-state index contributed by atoms with van der Waals surface area (Å²) >= 11 is 0. The molecule has 0 aliphatic rings. The van der Waals surface area contributed by atoms with Gasteiger partial charge in [0.25, 0.3) is 0 Å². The third kappa shape index (κ3) is 5.07. The molecule has 0 aliphatic carbocycles. The Morgan fingerprint density at radius 2 is 1.42 bits per heavy atom. The van der Waals surface area contributed by atoms with Gasteiger partial charge in [-0.2, -0.15) is 0 Å². The zero-order valence-electron chi connectivity index (χ0n) is 12.7. The van der Waals surface area contributed by atoms with Gasteiger partial charge in [0.05, 0.1) is 12.2 Å². The van der Waals surface area contributed by atoms with Crippen LogP contribution in [0.5, 0.6) is 0 Å². The topological polar surface area (TPSA) is 64.6 Å². The summed E-state index contributed by atoms with van der Waals surface area (Å²) in [6.07, 6.45) is -0.920. The van der Waals surface area contributed by atoms with Gasteiger partial charge in [0.15, 0.2) is 23.3 Å². The molecule has 0 heterocycles. The van der Waals surface area contributed by atoms with Crippen LogP contribution in [-0.2, 0) is 20.9 Å². The normalized spacial score (nSPS) is 10.7. The summed E-state index contributed by atoms with van der Waals surface area (Å²) in [5, 5.41) is 2.00. The summed E-state index contributed by atoms with van der Waals surface area (Å²) in [4.78, 5) is 22.5. The Bertz CT molecular complexity index is 607. The maximum atomic E-state index is 13.3. The van der Waals surface area contributed by atoms with Crippen molar-refractivity contribution in [2.75, 3.05) is 13.2 Å². The molecule has 1 N–H and O–H groups in total. The molecule has 0 bridgehead atoms. The van der Waals surface area contributed by atoms with Gasteiger partial charge in [-0.15, -0.1) is 0 Å².